The molecule has 1 aliphatic rings. The van der Waals surface area contributed by atoms with Gasteiger partial charge >= 0.3 is 12.2 Å². The molecular weight excluding hydrogens is 276 g/mol. The second-order valence-electron chi connectivity index (χ2n) is 4.28. The van der Waals surface area contributed by atoms with Crippen molar-refractivity contribution in [3.05, 3.63) is 24.3 Å². The molecule has 116 valence electrons. The molecular formula is C14H20N2O5. The summed E-state index contributed by atoms with van der Waals surface area (Å²) in [7, 11) is 0. The van der Waals surface area contributed by atoms with Gasteiger partial charge in [0.1, 0.15) is 5.54 Å². The minimum absolute atomic E-state index is 0.159. The Bertz CT molecular complexity index is 454. The van der Waals surface area contributed by atoms with E-state index in [-0.39, 0.29) is 19.0 Å². The Hall–Kier alpha value is -2.31. The van der Waals surface area contributed by atoms with E-state index in [2.05, 4.69) is 5.43 Å². The van der Waals surface area contributed by atoms with Crippen LogP contribution in [-0.4, -0.2) is 41.7 Å². The van der Waals surface area contributed by atoms with E-state index in [1.807, 2.05) is 6.92 Å². The van der Waals surface area contributed by atoms with Gasteiger partial charge in [0.25, 0.3) is 0 Å². The molecule has 2 amide bonds. The predicted molar refractivity (Wildman–Crippen MR) is 75.3 cm³/mol. The molecule has 0 radical (unpaired) electrons. The van der Waals surface area contributed by atoms with Crippen molar-refractivity contribution in [3.63, 3.8) is 0 Å². The second-order valence-corrected chi connectivity index (χ2v) is 4.28. The van der Waals surface area contributed by atoms with E-state index in [9.17, 15) is 14.4 Å². The largest absolute Gasteiger partial charge is 0.449 e. The third-order valence-corrected chi connectivity index (χ3v) is 2.98. The normalized spacial score (nSPS) is 15.5. The van der Waals surface area contributed by atoms with Crippen LogP contribution in [0.2, 0.25) is 0 Å². The van der Waals surface area contributed by atoms with Gasteiger partial charge < -0.3 is 9.47 Å². The van der Waals surface area contributed by atoms with E-state index in [1.165, 1.54) is 12.2 Å². The van der Waals surface area contributed by atoms with Gasteiger partial charge in [0.2, 0.25) is 0 Å². The zero-order valence-electron chi connectivity index (χ0n) is 12.4. The Morgan fingerprint density at radius 3 is 2.19 bits per heavy atom. The molecule has 0 aromatic rings. The Morgan fingerprint density at radius 2 is 1.71 bits per heavy atom. The predicted octanol–water partition coefficient (Wildman–Crippen LogP) is 1.95. The summed E-state index contributed by atoms with van der Waals surface area (Å²) >= 11 is 0. The maximum Gasteiger partial charge on any atom is 0.429 e. The van der Waals surface area contributed by atoms with E-state index in [1.54, 1.807) is 26.0 Å². The first kappa shape index (κ1) is 16.7. The van der Waals surface area contributed by atoms with Crippen molar-refractivity contribution in [1.29, 1.82) is 0 Å². The molecule has 0 aliphatic heterocycles. The molecule has 21 heavy (non-hydrogen) atoms. The lowest BCUT2D eigenvalue weighted by atomic mass is 9.90. The van der Waals surface area contributed by atoms with Crippen molar-refractivity contribution >= 4 is 18.0 Å². The minimum atomic E-state index is -0.965. The van der Waals surface area contributed by atoms with Gasteiger partial charge in [0.05, 0.1) is 13.2 Å². The molecule has 1 aliphatic carbocycles. The fourth-order valence-electron chi connectivity index (χ4n) is 1.87. The van der Waals surface area contributed by atoms with Gasteiger partial charge in [-0.15, -0.1) is 0 Å². The fraction of sp³-hybridized carbons (Fsp3) is 0.500. The van der Waals surface area contributed by atoms with Gasteiger partial charge in [0, 0.05) is 0 Å². The van der Waals surface area contributed by atoms with Gasteiger partial charge in [-0.2, -0.15) is 0 Å². The van der Waals surface area contributed by atoms with Crippen LogP contribution in [0.25, 0.3) is 0 Å². The number of hydrogen-bond acceptors (Lipinski definition) is 5. The minimum Gasteiger partial charge on any atom is -0.449 e. The molecule has 0 spiro atoms. The van der Waals surface area contributed by atoms with Gasteiger partial charge in [-0.25, -0.2) is 20.0 Å². The smallest absolute Gasteiger partial charge is 0.429 e. The van der Waals surface area contributed by atoms with Crippen LogP contribution in [-0.2, 0) is 14.3 Å². The molecule has 0 bridgehead atoms. The topological polar surface area (TPSA) is 84.9 Å². The lowest BCUT2D eigenvalue weighted by molar-refractivity contribution is -0.110. The second kappa shape index (κ2) is 7.47. The van der Waals surface area contributed by atoms with Crippen molar-refractivity contribution in [2.24, 2.45) is 0 Å². The number of rotatable bonds is 4. The Kier molecular flexibility index (Phi) is 5.95. The summed E-state index contributed by atoms with van der Waals surface area (Å²) in [6.45, 7) is 5.47. The number of nitrogens with one attached hydrogen (secondary N) is 1. The quantitative estimate of drug-likeness (QED) is 0.801. The van der Waals surface area contributed by atoms with E-state index >= 15 is 0 Å². The zero-order valence-corrected chi connectivity index (χ0v) is 12.4. The summed E-state index contributed by atoms with van der Waals surface area (Å²) in [5.74, 6) is -0.181. The lowest BCUT2D eigenvalue weighted by Crippen LogP contribution is -2.58. The third kappa shape index (κ3) is 4.08. The summed E-state index contributed by atoms with van der Waals surface area (Å²) in [4.78, 5) is 35.0. The van der Waals surface area contributed by atoms with Gasteiger partial charge in [0.15, 0.2) is 5.78 Å². The summed E-state index contributed by atoms with van der Waals surface area (Å²) in [6, 6.07) is 0. The van der Waals surface area contributed by atoms with Crippen LogP contribution in [0.3, 0.4) is 0 Å². The first-order valence-electron chi connectivity index (χ1n) is 6.82. The number of hydrazine groups is 1. The van der Waals surface area contributed by atoms with Crippen LogP contribution < -0.4 is 5.43 Å². The molecule has 0 heterocycles. The van der Waals surface area contributed by atoms with Gasteiger partial charge in [-0.1, -0.05) is 6.92 Å². The molecule has 0 saturated carbocycles. The lowest BCUT2D eigenvalue weighted by Gasteiger charge is -2.38. The maximum absolute atomic E-state index is 12.1. The van der Waals surface area contributed by atoms with E-state index in [0.717, 1.165) is 5.01 Å². The van der Waals surface area contributed by atoms with Gasteiger partial charge in [-0.05, 0) is 44.6 Å². The molecule has 0 unspecified atom stereocenters. The first-order valence-corrected chi connectivity index (χ1v) is 6.82. The molecule has 0 atom stereocenters. The summed E-state index contributed by atoms with van der Waals surface area (Å²) in [5, 5.41) is 1.04. The average molecular weight is 296 g/mol. The zero-order chi connectivity index (χ0) is 15.9. The van der Waals surface area contributed by atoms with Crippen molar-refractivity contribution in [3.8, 4) is 0 Å². The van der Waals surface area contributed by atoms with Crippen molar-refractivity contribution in [1.82, 2.24) is 10.4 Å². The maximum atomic E-state index is 12.1. The number of nitrogens with zero attached hydrogens (tertiary/aromatic N) is 1. The monoisotopic (exact) mass is 296 g/mol. The average Bonchev–Trinajstić information content (AvgIpc) is 2.47. The number of ether oxygens (including phenoxy) is 2. The number of carbonyl (C=O) groups excluding carboxylic acids is 3. The van der Waals surface area contributed by atoms with Crippen LogP contribution in [0.5, 0.6) is 0 Å². The molecule has 0 fully saturated rings. The Morgan fingerprint density at radius 1 is 1.14 bits per heavy atom. The number of allylic oxidation sites excluding steroid dienone is 2. The van der Waals surface area contributed by atoms with Gasteiger partial charge in [-0.3, -0.25) is 4.79 Å². The molecule has 7 heteroatoms. The van der Waals surface area contributed by atoms with E-state index in [0.29, 0.717) is 6.42 Å². The first-order chi connectivity index (χ1) is 9.99. The highest BCUT2D eigenvalue weighted by molar-refractivity contribution is 6.00. The van der Waals surface area contributed by atoms with Crippen molar-refractivity contribution < 1.29 is 23.9 Å². The molecule has 1 rings (SSSR count). The summed E-state index contributed by atoms with van der Waals surface area (Å²) < 4.78 is 9.74. The highest BCUT2D eigenvalue weighted by atomic mass is 16.6. The third-order valence-electron chi connectivity index (χ3n) is 2.98. The number of amides is 2. The van der Waals surface area contributed by atoms with Crippen molar-refractivity contribution in [2.45, 2.75) is 32.7 Å². The SMILES string of the molecule is CCOC(=O)NN(C(=O)OCC)C1(CC)C=CC(=O)C=C1. The van der Waals surface area contributed by atoms with Crippen LogP contribution in [0, 0.1) is 0 Å². The van der Waals surface area contributed by atoms with Crippen LogP contribution in [0.1, 0.15) is 27.2 Å². The fourth-order valence-corrected chi connectivity index (χ4v) is 1.87. The van der Waals surface area contributed by atoms with Crippen LogP contribution in [0.15, 0.2) is 24.3 Å². The van der Waals surface area contributed by atoms with Crippen LogP contribution in [0.4, 0.5) is 9.59 Å². The number of ketones is 1. The number of carbonyl (C=O) groups is 3. The molecule has 7 nitrogen and oxygen atoms in total. The molecule has 0 aromatic heterocycles. The Balaban J connectivity index is 3.06. The summed E-state index contributed by atoms with van der Waals surface area (Å²) in [5.41, 5.74) is 1.40. The standard InChI is InChI=1S/C14H20N2O5/c1-4-14(9-7-11(17)8-10-14)16(13(19)21-6-3)15-12(18)20-5-2/h7-10H,4-6H2,1-3H3,(H,15,18). The molecule has 1 N–H and O–H groups in total. The van der Waals surface area contributed by atoms with E-state index < -0.39 is 17.7 Å². The Labute approximate surface area is 123 Å². The molecule has 0 saturated heterocycles. The highest BCUT2D eigenvalue weighted by Crippen LogP contribution is 2.25. The van der Waals surface area contributed by atoms with Crippen LogP contribution >= 0.6 is 0 Å². The summed E-state index contributed by atoms with van der Waals surface area (Å²) in [6.07, 6.45) is 4.76. The number of hydrogen-bond donors (Lipinski definition) is 1. The van der Waals surface area contributed by atoms with E-state index in [4.69, 9.17) is 9.47 Å². The van der Waals surface area contributed by atoms with Crippen molar-refractivity contribution in [2.75, 3.05) is 13.2 Å². The highest BCUT2D eigenvalue weighted by Gasteiger charge is 2.38. The molecule has 0 aromatic carbocycles.